The lowest BCUT2D eigenvalue weighted by molar-refractivity contribution is 0.590. The summed E-state index contributed by atoms with van der Waals surface area (Å²) >= 11 is 3.82. The third kappa shape index (κ3) is 12.3. The van der Waals surface area contributed by atoms with E-state index in [9.17, 15) is 0 Å². The predicted octanol–water partition coefficient (Wildman–Crippen LogP) is 30.0. The summed E-state index contributed by atoms with van der Waals surface area (Å²) in [7, 11) is 10.0. The largest absolute Gasteiger partial charge is 0.356 e. The molecule has 0 aliphatic rings. The molecule has 0 aromatic heterocycles. The first-order chi connectivity index (χ1) is 53.0. The number of benzene rings is 16. The Bertz CT molecular complexity index is 6670. The van der Waals surface area contributed by atoms with Gasteiger partial charge in [-0.15, -0.1) is 0 Å². The van der Waals surface area contributed by atoms with Crippen LogP contribution >= 0.6 is 15.9 Å². The lowest BCUT2D eigenvalue weighted by Crippen LogP contribution is -2.14. The van der Waals surface area contributed by atoms with Crippen LogP contribution < -0.4 is 10.2 Å². The van der Waals surface area contributed by atoms with Crippen molar-refractivity contribution in [3.63, 3.8) is 0 Å². The number of nitrogens with one attached hydrogen (secondary N) is 1. The molecule has 0 saturated heterocycles. The van der Waals surface area contributed by atoms with E-state index < -0.39 is 0 Å². The molecular weight excluding hydrogens is 1390 g/mol. The van der Waals surface area contributed by atoms with E-state index in [1.54, 1.807) is 0 Å². The zero-order valence-electron chi connectivity index (χ0n) is 64.9. The predicted molar refractivity (Wildman–Crippen MR) is 489 cm³/mol. The summed E-state index contributed by atoms with van der Waals surface area (Å²) in [5, 5.41) is 35.7. The molecular formula is C104H87B3BrN2. The standard InChI is InChI=1S/C52H43N.C32H17Br.C20H27N.B3/c1-51(2,3)33-22-26-35(27-23-33)53(36-28-24-34(25-29-36)52(4,5)6)44-31-30-43-46-40(44)19-13-21-42(46)50-48-39-17-11-10-16-37(39)38-18-12-20-41(47(38)48)45(49(43)50)32-14-8-7-9-15-32;33-26-17-16-25-28-22(26)13-7-15-24(28)32-30-21-11-5-4-10-19(21)20-12-6-14-23(29(20)30)27(31(25)32)18-8-2-1-3-9-18;1-19(2,3)15-7-11-17(12-8-15)21-18-13-9-16(10-14-18)20(4,5)6;1-3-2/h7-31H,1-6H3;1-17H;7-14,21H,1-6H3;. The van der Waals surface area contributed by atoms with Gasteiger partial charge in [0, 0.05) is 55.1 Å². The van der Waals surface area contributed by atoms with Crippen LogP contribution in [0.2, 0.25) is 0 Å². The summed E-state index contributed by atoms with van der Waals surface area (Å²) < 4.78 is 1.15. The fourth-order valence-corrected chi connectivity index (χ4v) is 18.0. The molecule has 20 aromatic carbocycles. The molecule has 0 unspecified atom stereocenters. The average molecular weight is 1480 g/mol. The molecule has 0 saturated carbocycles. The quantitative estimate of drug-likeness (QED) is 0.160. The van der Waals surface area contributed by atoms with Crippen LogP contribution in [0.4, 0.5) is 28.4 Å². The van der Waals surface area contributed by atoms with Crippen molar-refractivity contribution in [1.82, 2.24) is 0 Å². The van der Waals surface area contributed by atoms with Crippen molar-refractivity contribution in [1.29, 1.82) is 0 Å². The molecule has 0 bridgehead atoms. The van der Waals surface area contributed by atoms with Crippen LogP contribution in [0, 0.1) is 0 Å². The maximum Gasteiger partial charge on any atom is 0.0540 e. The average Bonchev–Trinajstić information content (AvgIpc) is 1.52. The van der Waals surface area contributed by atoms with E-state index in [2.05, 4.69) is 428 Å². The number of nitrogens with zero attached hydrogens (tertiary/aromatic N) is 1. The Labute approximate surface area is 658 Å². The summed E-state index contributed by atoms with van der Waals surface area (Å²) in [5.41, 5.74) is 16.9. The molecule has 110 heavy (non-hydrogen) atoms. The fraction of sp³-hybridized carbons (Fsp3) is 0.154. The minimum atomic E-state index is 0.0748. The van der Waals surface area contributed by atoms with Gasteiger partial charge in [-0.3, -0.25) is 0 Å². The van der Waals surface area contributed by atoms with E-state index in [0.717, 1.165) is 34.3 Å². The molecule has 5 radical (unpaired) electrons. The fourth-order valence-electron chi connectivity index (χ4n) is 17.5. The van der Waals surface area contributed by atoms with Crippen molar-refractivity contribution in [3.8, 4) is 22.3 Å². The number of anilines is 5. The summed E-state index contributed by atoms with van der Waals surface area (Å²) in [6.45, 7) is 27.1. The monoisotopic (exact) mass is 1480 g/mol. The van der Waals surface area contributed by atoms with Gasteiger partial charge < -0.3 is 10.2 Å². The second kappa shape index (κ2) is 27.7. The Balaban J connectivity index is 0.000000131. The van der Waals surface area contributed by atoms with Gasteiger partial charge in [-0.25, -0.2) is 0 Å². The maximum atomic E-state index is 4.50. The SMILES string of the molecule is Brc1ccc2c3c(-c4ccccc4)c4cccc5c6ccccc6c(c45)c3c3cccc1c23.CC(C)(C)c1ccc(N(c2ccc(C(C)(C)C)cc2)c2ccc3c4c(-c5ccccc5)c5cccc6c7ccccc7c(c56)c4c4cccc2c34)cc1.CC(C)(C)c1ccc(Nc2ccc(C(C)(C)C)cc2)cc1.[B][B][B]. The third-order valence-electron chi connectivity index (χ3n) is 22.9. The maximum absolute atomic E-state index is 4.50. The Morgan fingerprint density at radius 3 is 0.918 bits per heavy atom. The van der Waals surface area contributed by atoms with Crippen LogP contribution in [0.1, 0.15) is 105 Å². The van der Waals surface area contributed by atoms with Gasteiger partial charge in [0.1, 0.15) is 0 Å². The Morgan fingerprint density at radius 2 is 0.527 bits per heavy atom. The molecule has 6 heteroatoms. The van der Waals surface area contributed by atoms with Crippen LogP contribution in [0.15, 0.2) is 308 Å². The van der Waals surface area contributed by atoms with Crippen molar-refractivity contribution in [2.24, 2.45) is 0 Å². The first kappa shape index (κ1) is 71.7. The van der Waals surface area contributed by atoms with Gasteiger partial charge in [-0.2, -0.15) is 0 Å². The smallest absolute Gasteiger partial charge is 0.0540 e. The van der Waals surface area contributed by atoms with Gasteiger partial charge in [-0.1, -0.05) is 342 Å². The van der Waals surface area contributed by atoms with Gasteiger partial charge in [0.2, 0.25) is 0 Å². The van der Waals surface area contributed by atoms with Gasteiger partial charge in [0.05, 0.1) is 5.69 Å². The van der Waals surface area contributed by atoms with Crippen LogP contribution in [0.5, 0.6) is 0 Å². The molecule has 529 valence electrons. The van der Waals surface area contributed by atoms with Gasteiger partial charge >= 0.3 is 0 Å². The van der Waals surface area contributed by atoms with E-state index in [1.165, 1.54) is 179 Å². The van der Waals surface area contributed by atoms with E-state index in [0.29, 0.717) is 0 Å². The summed E-state index contributed by atoms with van der Waals surface area (Å²) in [4.78, 5) is 2.46. The van der Waals surface area contributed by atoms with Gasteiger partial charge in [0.25, 0.3) is 0 Å². The van der Waals surface area contributed by atoms with Crippen LogP contribution in [0.3, 0.4) is 0 Å². The summed E-state index contributed by atoms with van der Waals surface area (Å²) in [6, 6.07) is 112. The highest BCUT2D eigenvalue weighted by atomic mass is 79.9. The Hall–Kier alpha value is -11.2. The lowest BCUT2D eigenvalue weighted by atomic mass is 9.40. The summed E-state index contributed by atoms with van der Waals surface area (Å²) in [6.07, 6.45) is 0. The second-order valence-electron chi connectivity index (χ2n) is 33.9. The Morgan fingerprint density at radius 1 is 0.245 bits per heavy atom. The molecule has 0 aliphatic heterocycles. The minimum absolute atomic E-state index is 0.0748. The topological polar surface area (TPSA) is 15.3 Å². The van der Waals surface area contributed by atoms with Crippen LogP contribution in [-0.2, 0) is 21.7 Å². The highest BCUT2D eigenvalue weighted by Gasteiger charge is 2.30. The van der Waals surface area contributed by atoms with Crippen molar-refractivity contribution in [3.05, 3.63) is 330 Å². The van der Waals surface area contributed by atoms with E-state index in [1.807, 2.05) is 0 Å². The second-order valence-corrected chi connectivity index (χ2v) is 34.7. The van der Waals surface area contributed by atoms with Crippen molar-refractivity contribution >= 4 is 196 Å². The van der Waals surface area contributed by atoms with Gasteiger partial charge in [-0.05, 0) is 251 Å². The zero-order valence-corrected chi connectivity index (χ0v) is 66.5. The summed E-state index contributed by atoms with van der Waals surface area (Å²) in [5.74, 6) is 0. The zero-order chi connectivity index (χ0) is 76.3. The number of hydrogen-bond acceptors (Lipinski definition) is 2. The van der Waals surface area contributed by atoms with E-state index in [-0.39, 0.29) is 21.7 Å². The number of halogens is 1. The molecule has 0 spiro atoms. The third-order valence-corrected chi connectivity index (χ3v) is 23.6. The lowest BCUT2D eigenvalue weighted by Gasteiger charge is -2.29. The van der Waals surface area contributed by atoms with E-state index in [4.69, 9.17) is 0 Å². The Kier molecular flexibility index (Phi) is 18.1. The molecule has 1 N–H and O–H groups in total. The van der Waals surface area contributed by atoms with Crippen LogP contribution in [0.25, 0.3) is 152 Å². The molecule has 0 amide bonds. The minimum Gasteiger partial charge on any atom is -0.356 e. The molecule has 20 aromatic rings. The van der Waals surface area contributed by atoms with Crippen LogP contribution in [-0.4, -0.2) is 22.5 Å². The highest BCUT2D eigenvalue weighted by Crippen LogP contribution is 2.57. The number of rotatable bonds is 7. The molecule has 0 heterocycles. The number of fused-ring (bicyclic) bond motifs is 14. The molecule has 20 rings (SSSR count). The van der Waals surface area contributed by atoms with Crippen molar-refractivity contribution in [2.75, 3.05) is 10.2 Å². The first-order valence-electron chi connectivity index (χ1n) is 38.6. The molecule has 0 aliphatic carbocycles. The molecule has 0 fully saturated rings. The van der Waals surface area contributed by atoms with Gasteiger partial charge in [0.15, 0.2) is 0 Å². The molecule has 2 nitrogen and oxygen atoms in total. The highest BCUT2D eigenvalue weighted by molar-refractivity contribution is 9.10. The van der Waals surface area contributed by atoms with E-state index >= 15 is 0 Å². The molecule has 0 atom stereocenters. The van der Waals surface area contributed by atoms with Crippen molar-refractivity contribution < 1.29 is 0 Å². The normalized spacial score (nSPS) is 12.3. The first-order valence-corrected chi connectivity index (χ1v) is 39.4. The van der Waals surface area contributed by atoms with Crippen molar-refractivity contribution in [2.45, 2.75) is 105 Å². The number of hydrogen-bond donors (Lipinski definition) is 1.